The molecule has 1 aromatic heterocycles. The molecule has 2 rings (SSSR count). The van der Waals surface area contributed by atoms with E-state index in [0.717, 1.165) is 18.5 Å². The minimum absolute atomic E-state index is 0.0654. The molecule has 1 amide bonds. The van der Waals surface area contributed by atoms with Crippen LogP contribution in [-0.4, -0.2) is 39.1 Å². The number of rotatable bonds is 4. The molecule has 4 nitrogen and oxygen atoms in total. The van der Waals surface area contributed by atoms with Crippen LogP contribution in [0, 0.1) is 6.92 Å². The number of halogens is 1. The molecule has 1 aliphatic carbocycles. The van der Waals surface area contributed by atoms with E-state index < -0.39 is 0 Å². The zero-order valence-electron chi connectivity index (χ0n) is 11.7. The second-order valence-electron chi connectivity index (χ2n) is 5.27. The highest BCUT2D eigenvalue weighted by Crippen LogP contribution is 2.24. The molecule has 0 unspecified atom stereocenters. The second kappa shape index (κ2) is 6.42. The Labute approximate surface area is 119 Å². The van der Waals surface area contributed by atoms with E-state index >= 15 is 0 Å². The van der Waals surface area contributed by atoms with Crippen LogP contribution < -0.4 is 0 Å². The van der Waals surface area contributed by atoms with Crippen molar-refractivity contribution in [3.8, 4) is 0 Å². The molecule has 1 heterocycles. The number of hydrogen-bond donors (Lipinski definition) is 0. The first-order chi connectivity index (χ1) is 9.13. The first-order valence-corrected chi connectivity index (χ1v) is 7.54. The van der Waals surface area contributed by atoms with Crippen molar-refractivity contribution < 1.29 is 4.79 Å². The molecule has 1 saturated carbocycles. The zero-order chi connectivity index (χ0) is 13.8. The lowest BCUT2D eigenvalue weighted by molar-refractivity contribution is 0.0638. The topological polar surface area (TPSA) is 38.1 Å². The van der Waals surface area contributed by atoms with Crippen LogP contribution in [0.3, 0.4) is 0 Å². The Bertz CT molecular complexity index is 438. The predicted molar refractivity (Wildman–Crippen MR) is 76.6 cm³/mol. The van der Waals surface area contributed by atoms with Gasteiger partial charge in [0.05, 0.1) is 5.69 Å². The summed E-state index contributed by atoms with van der Waals surface area (Å²) >= 11 is 5.88. The van der Waals surface area contributed by atoms with Crippen LogP contribution in [0.4, 0.5) is 0 Å². The van der Waals surface area contributed by atoms with Crippen molar-refractivity contribution in [1.82, 2.24) is 14.7 Å². The van der Waals surface area contributed by atoms with Crippen LogP contribution >= 0.6 is 11.6 Å². The Morgan fingerprint density at radius 1 is 1.47 bits per heavy atom. The fourth-order valence-corrected chi connectivity index (χ4v) is 3.07. The molecular formula is C14H22ClN3O. The lowest BCUT2D eigenvalue weighted by atomic mass is 9.94. The molecule has 1 aliphatic rings. The van der Waals surface area contributed by atoms with Gasteiger partial charge in [0.15, 0.2) is 0 Å². The first-order valence-electron chi connectivity index (χ1n) is 7.01. The molecule has 1 fully saturated rings. The molecule has 1 aromatic rings. The molecule has 0 N–H and O–H groups in total. The number of amides is 1. The van der Waals surface area contributed by atoms with Gasteiger partial charge in [-0.05, 0) is 25.8 Å². The van der Waals surface area contributed by atoms with Gasteiger partial charge in [-0.15, -0.1) is 11.6 Å². The van der Waals surface area contributed by atoms with Crippen LogP contribution in [0.25, 0.3) is 0 Å². The Morgan fingerprint density at radius 3 is 2.68 bits per heavy atom. The predicted octanol–water partition coefficient (Wildman–Crippen LogP) is 2.74. The van der Waals surface area contributed by atoms with E-state index in [9.17, 15) is 4.79 Å². The SMILES string of the molecule is Cc1cc(C(=O)N(CCCl)C2CCCCC2)n(C)n1. The molecule has 0 atom stereocenters. The van der Waals surface area contributed by atoms with E-state index in [1.807, 2.05) is 24.9 Å². The number of carbonyl (C=O) groups excluding carboxylic acids is 1. The quantitative estimate of drug-likeness (QED) is 0.797. The number of aryl methyl sites for hydroxylation is 2. The van der Waals surface area contributed by atoms with Crippen LogP contribution in [0.2, 0.25) is 0 Å². The van der Waals surface area contributed by atoms with E-state index in [1.54, 1.807) is 4.68 Å². The van der Waals surface area contributed by atoms with Gasteiger partial charge >= 0.3 is 0 Å². The summed E-state index contributed by atoms with van der Waals surface area (Å²) in [5.74, 6) is 0.551. The van der Waals surface area contributed by atoms with Gasteiger partial charge in [0.1, 0.15) is 5.69 Å². The molecule has 106 valence electrons. The maximum atomic E-state index is 12.7. The van der Waals surface area contributed by atoms with Gasteiger partial charge in [0.25, 0.3) is 5.91 Å². The smallest absolute Gasteiger partial charge is 0.272 e. The third-order valence-corrected chi connectivity index (χ3v) is 3.99. The highest BCUT2D eigenvalue weighted by molar-refractivity contribution is 6.18. The van der Waals surface area contributed by atoms with Crippen LogP contribution in [0.5, 0.6) is 0 Å². The van der Waals surface area contributed by atoms with Crippen molar-refractivity contribution in [2.75, 3.05) is 12.4 Å². The standard InChI is InChI=1S/C14H22ClN3O/c1-11-10-13(17(2)16-11)14(19)18(9-8-15)12-6-4-3-5-7-12/h10,12H,3-9H2,1-2H3. The maximum Gasteiger partial charge on any atom is 0.272 e. The molecule has 0 spiro atoms. The highest BCUT2D eigenvalue weighted by Gasteiger charge is 2.27. The van der Waals surface area contributed by atoms with E-state index in [4.69, 9.17) is 11.6 Å². The lowest BCUT2D eigenvalue weighted by Gasteiger charge is -2.34. The molecule has 0 bridgehead atoms. The number of carbonyl (C=O) groups is 1. The van der Waals surface area contributed by atoms with Gasteiger partial charge in [0, 0.05) is 25.5 Å². The molecular weight excluding hydrogens is 262 g/mol. The molecule has 0 saturated heterocycles. The van der Waals surface area contributed by atoms with Crippen LogP contribution in [-0.2, 0) is 7.05 Å². The highest BCUT2D eigenvalue weighted by atomic mass is 35.5. The second-order valence-corrected chi connectivity index (χ2v) is 5.65. The lowest BCUT2D eigenvalue weighted by Crippen LogP contribution is -2.43. The average molecular weight is 284 g/mol. The maximum absolute atomic E-state index is 12.7. The normalized spacial score (nSPS) is 16.6. The zero-order valence-corrected chi connectivity index (χ0v) is 12.5. The summed E-state index contributed by atoms with van der Waals surface area (Å²) in [5.41, 5.74) is 1.54. The molecule has 0 aliphatic heterocycles. The Kier molecular flexibility index (Phi) is 4.86. The van der Waals surface area contributed by atoms with E-state index in [1.165, 1.54) is 19.3 Å². The Morgan fingerprint density at radius 2 is 2.16 bits per heavy atom. The molecule has 0 radical (unpaired) electrons. The number of alkyl halides is 1. The summed E-state index contributed by atoms with van der Waals surface area (Å²) in [6, 6.07) is 2.20. The van der Waals surface area contributed by atoms with Crippen molar-refractivity contribution in [2.24, 2.45) is 7.05 Å². The van der Waals surface area contributed by atoms with Crippen molar-refractivity contribution in [1.29, 1.82) is 0 Å². The van der Waals surface area contributed by atoms with Gasteiger partial charge in [-0.3, -0.25) is 9.48 Å². The van der Waals surface area contributed by atoms with Crippen molar-refractivity contribution in [3.63, 3.8) is 0 Å². The van der Waals surface area contributed by atoms with Gasteiger partial charge in [-0.1, -0.05) is 19.3 Å². The molecule has 19 heavy (non-hydrogen) atoms. The largest absolute Gasteiger partial charge is 0.333 e. The van der Waals surface area contributed by atoms with Gasteiger partial charge < -0.3 is 4.90 Å². The van der Waals surface area contributed by atoms with Crippen molar-refractivity contribution >= 4 is 17.5 Å². The Hall–Kier alpha value is -1.03. The summed E-state index contributed by atoms with van der Waals surface area (Å²) < 4.78 is 1.67. The van der Waals surface area contributed by atoms with Crippen molar-refractivity contribution in [2.45, 2.75) is 45.1 Å². The summed E-state index contributed by atoms with van der Waals surface area (Å²) in [4.78, 5) is 14.6. The monoisotopic (exact) mass is 283 g/mol. The number of nitrogens with zero attached hydrogens (tertiary/aromatic N) is 3. The number of aromatic nitrogens is 2. The summed E-state index contributed by atoms with van der Waals surface area (Å²) in [5, 5.41) is 4.26. The first kappa shape index (κ1) is 14.4. The minimum Gasteiger partial charge on any atom is -0.333 e. The van der Waals surface area contributed by atoms with Crippen LogP contribution in [0.1, 0.15) is 48.3 Å². The summed E-state index contributed by atoms with van der Waals surface area (Å²) in [6.07, 6.45) is 5.89. The van der Waals surface area contributed by atoms with Gasteiger partial charge in [0.2, 0.25) is 0 Å². The summed E-state index contributed by atoms with van der Waals surface area (Å²) in [7, 11) is 1.82. The average Bonchev–Trinajstić information content (AvgIpc) is 2.75. The Balaban J connectivity index is 2.17. The third-order valence-electron chi connectivity index (χ3n) is 3.82. The minimum atomic E-state index is 0.0654. The number of hydrogen-bond acceptors (Lipinski definition) is 2. The van der Waals surface area contributed by atoms with Crippen LogP contribution in [0.15, 0.2) is 6.07 Å². The van der Waals surface area contributed by atoms with E-state index in [-0.39, 0.29) is 5.91 Å². The van der Waals surface area contributed by atoms with Gasteiger partial charge in [-0.2, -0.15) is 5.10 Å². The fourth-order valence-electron chi connectivity index (χ4n) is 2.89. The summed E-state index contributed by atoms with van der Waals surface area (Å²) in [6.45, 7) is 2.53. The van der Waals surface area contributed by atoms with E-state index in [0.29, 0.717) is 24.2 Å². The molecule has 0 aromatic carbocycles. The molecule has 5 heteroatoms. The van der Waals surface area contributed by atoms with E-state index in [2.05, 4.69) is 5.10 Å². The van der Waals surface area contributed by atoms with Gasteiger partial charge in [-0.25, -0.2) is 0 Å². The fraction of sp³-hybridized carbons (Fsp3) is 0.714. The van der Waals surface area contributed by atoms with Crippen molar-refractivity contribution in [3.05, 3.63) is 17.5 Å². The third kappa shape index (κ3) is 3.30.